The van der Waals surface area contributed by atoms with Gasteiger partial charge in [0.1, 0.15) is 5.82 Å². The molecule has 0 saturated heterocycles. The molecule has 0 spiro atoms. The number of benzene rings is 1. The fraction of sp³-hybridized carbons (Fsp3) is 0.455. The zero-order chi connectivity index (χ0) is 10.7. The second-order valence-corrected chi connectivity index (χ2v) is 3.54. The summed E-state index contributed by atoms with van der Waals surface area (Å²) in [6, 6.07) is 6.45. The predicted molar refractivity (Wildman–Crippen MR) is 55.9 cm³/mol. The molecule has 0 fully saturated rings. The Kier molecular flexibility index (Phi) is 3.47. The standard InChI is InChI=1S/C11H16FNO/c1-8(9(2)14)13(3)11-7-5-4-6-10(11)12/h4-9,14H,1-3H3. The van der Waals surface area contributed by atoms with Crippen molar-refractivity contribution in [1.29, 1.82) is 0 Å². The number of aliphatic hydroxyl groups excluding tert-OH is 1. The first-order valence-corrected chi connectivity index (χ1v) is 4.69. The molecule has 2 unspecified atom stereocenters. The summed E-state index contributed by atoms with van der Waals surface area (Å²) >= 11 is 0. The van der Waals surface area contributed by atoms with Gasteiger partial charge >= 0.3 is 0 Å². The van der Waals surface area contributed by atoms with Crippen LogP contribution in [0.4, 0.5) is 10.1 Å². The highest BCUT2D eigenvalue weighted by Gasteiger charge is 2.17. The van der Waals surface area contributed by atoms with Crippen molar-refractivity contribution >= 4 is 5.69 Å². The monoisotopic (exact) mass is 197 g/mol. The van der Waals surface area contributed by atoms with Gasteiger partial charge in [0.2, 0.25) is 0 Å². The Morgan fingerprint density at radius 2 is 1.86 bits per heavy atom. The highest BCUT2D eigenvalue weighted by atomic mass is 19.1. The highest BCUT2D eigenvalue weighted by Crippen LogP contribution is 2.20. The first-order valence-electron chi connectivity index (χ1n) is 4.69. The smallest absolute Gasteiger partial charge is 0.146 e. The molecule has 14 heavy (non-hydrogen) atoms. The molecule has 0 aliphatic rings. The molecule has 0 aromatic heterocycles. The van der Waals surface area contributed by atoms with E-state index in [2.05, 4.69) is 0 Å². The van der Waals surface area contributed by atoms with Crippen molar-refractivity contribution in [3.63, 3.8) is 0 Å². The first-order chi connectivity index (χ1) is 6.54. The minimum Gasteiger partial charge on any atom is -0.391 e. The lowest BCUT2D eigenvalue weighted by atomic mass is 10.1. The summed E-state index contributed by atoms with van der Waals surface area (Å²) in [5, 5.41) is 9.38. The summed E-state index contributed by atoms with van der Waals surface area (Å²) in [6.07, 6.45) is -0.486. The van der Waals surface area contributed by atoms with Gasteiger partial charge in [0.15, 0.2) is 0 Å². The van der Waals surface area contributed by atoms with E-state index in [0.717, 1.165) is 0 Å². The topological polar surface area (TPSA) is 23.5 Å². The normalized spacial score (nSPS) is 14.9. The Morgan fingerprint density at radius 1 is 1.29 bits per heavy atom. The van der Waals surface area contributed by atoms with E-state index in [1.807, 2.05) is 6.92 Å². The average Bonchev–Trinajstić information content (AvgIpc) is 2.16. The largest absolute Gasteiger partial charge is 0.391 e. The van der Waals surface area contributed by atoms with Gasteiger partial charge in [0, 0.05) is 7.05 Å². The summed E-state index contributed by atoms with van der Waals surface area (Å²) in [5.41, 5.74) is 0.515. The molecule has 0 amide bonds. The molecule has 1 aromatic carbocycles. The number of hydrogen-bond donors (Lipinski definition) is 1. The molecular weight excluding hydrogens is 181 g/mol. The first kappa shape index (κ1) is 11.0. The number of hydrogen-bond acceptors (Lipinski definition) is 2. The zero-order valence-corrected chi connectivity index (χ0v) is 8.74. The Bertz CT molecular complexity index is 301. The van der Waals surface area contributed by atoms with Crippen LogP contribution in [0.15, 0.2) is 24.3 Å². The molecule has 2 nitrogen and oxygen atoms in total. The van der Waals surface area contributed by atoms with E-state index < -0.39 is 6.10 Å². The van der Waals surface area contributed by atoms with Crippen LogP contribution in [0.5, 0.6) is 0 Å². The molecule has 3 heteroatoms. The van der Waals surface area contributed by atoms with Crippen LogP contribution in [0.1, 0.15) is 13.8 Å². The van der Waals surface area contributed by atoms with Crippen molar-refractivity contribution < 1.29 is 9.50 Å². The summed E-state index contributed by atoms with van der Waals surface area (Å²) < 4.78 is 13.3. The number of aliphatic hydroxyl groups is 1. The number of nitrogens with zero attached hydrogens (tertiary/aromatic N) is 1. The number of halogens is 1. The average molecular weight is 197 g/mol. The molecule has 78 valence electrons. The van der Waals surface area contributed by atoms with Gasteiger partial charge in [-0.3, -0.25) is 0 Å². The molecule has 1 N–H and O–H groups in total. The van der Waals surface area contributed by atoms with Crippen LogP contribution < -0.4 is 4.90 Å². The van der Waals surface area contributed by atoms with Crippen LogP contribution >= 0.6 is 0 Å². The maximum Gasteiger partial charge on any atom is 0.146 e. The van der Waals surface area contributed by atoms with E-state index in [-0.39, 0.29) is 11.9 Å². The maximum absolute atomic E-state index is 13.3. The van der Waals surface area contributed by atoms with Gasteiger partial charge < -0.3 is 10.0 Å². The van der Waals surface area contributed by atoms with Crippen LogP contribution in [0.25, 0.3) is 0 Å². The predicted octanol–water partition coefficient (Wildman–Crippen LogP) is 2.03. The van der Waals surface area contributed by atoms with E-state index in [0.29, 0.717) is 5.69 Å². The third-order valence-corrected chi connectivity index (χ3v) is 2.54. The quantitative estimate of drug-likeness (QED) is 0.801. The van der Waals surface area contributed by atoms with E-state index in [1.165, 1.54) is 6.07 Å². The number of likely N-dealkylation sites (N-methyl/N-ethyl adjacent to an activating group) is 1. The Labute approximate surface area is 84.0 Å². The number of rotatable bonds is 3. The molecule has 2 atom stereocenters. The van der Waals surface area contributed by atoms with Crippen molar-refractivity contribution in [2.45, 2.75) is 26.0 Å². The molecule has 0 heterocycles. The second-order valence-electron chi connectivity index (χ2n) is 3.54. The van der Waals surface area contributed by atoms with Gasteiger partial charge in [-0.1, -0.05) is 12.1 Å². The number of para-hydroxylation sites is 1. The second kappa shape index (κ2) is 4.42. The van der Waals surface area contributed by atoms with Crippen LogP contribution in [-0.2, 0) is 0 Å². The molecule has 0 bridgehead atoms. The zero-order valence-electron chi connectivity index (χ0n) is 8.74. The van der Waals surface area contributed by atoms with Crippen LogP contribution in [0.3, 0.4) is 0 Å². The Balaban J connectivity index is 2.89. The van der Waals surface area contributed by atoms with Gasteiger partial charge in [0.05, 0.1) is 17.8 Å². The maximum atomic E-state index is 13.3. The minimum atomic E-state index is -0.486. The summed E-state index contributed by atoms with van der Waals surface area (Å²) in [7, 11) is 1.77. The lowest BCUT2D eigenvalue weighted by Crippen LogP contribution is -2.37. The minimum absolute atomic E-state index is 0.105. The molecule has 0 aliphatic carbocycles. The van der Waals surface area contributed by atoms with Gasteiger partial charge in [0.25, 0.3) is 0 Å². The Morgan fingerprint density at radius 3 is 2.36 bits per heavy atom. The van der Waals surface area contributed by atoms with Gasteiger partial charge in [-0.15, -0.1) is 0 Å². The molecule has 1 aromatic rings. The van der Waals surface area contributed by atoms with E-state index in [9.17, 15) is 9.50 Å². The van der Waals surface area contributed by atoms with Crippen LogP contribution in [-0.4, -0.2) is 24.3 Å². The van der Waals surface area contributed by atoms with E-state index in [1.54, 1.807) is 37.1 Å². The van der Waals surface area contributed by atoms with Crippen LogP contribution in [0.2, 0.25) is 0 Å². The van der Waals surface area contributed by atoms with E-state index in [4.69, 9.17) is 0 Å². The summed E-state index contributed by atoms with van der Waals surface area (Å²) in [6.45, 7) is 3.55. The highest BCUT2D eigenvalue weighted by molar-refractivity contribution is 5.47. The Hall–Kier alpha value is -1.09. The van der Waals surface area contributed by atoms with Gasteiger partial charge in [-0.05, 0) is 26.0 Å². The lowest BCUT2D eigenvalue weighted by molar-refractivity contribution is 0.167. The van der Waals surface area contributed by atoms with Crippen molar-refractivity contribution in [2.24, 2.45) is 0 Å². The SMILES string of the molecule is CC(O)C(C)N(C)c1ccccc1F. The summed E-state index contributed by atoms with van der Waals surface area (Å²) in [4.78, 5) is 1.74. The van der Waals surface area contributed by atoms with Crippen molar-refractivity contribution in [2.75, 3.05) is 11.9 Å². The van der Waals surface area contributed by atoms with Crippen molar-refractivity contribution in [3.8, 4) is 0 Å². The third kappa shape index (κ3) is 2.23. The van der Waals surface area contributed by atoms with E-state index >= 15 is 0 Å². The molecule has 0 aliphatic heterocycles. The fourth-order valence-electron chi connectivity index (χ4n) is 1.28. The van der Waals surface area contributed by atoms with Crippen LogP contribution in [0, 0.1) is 5.82 Å². The van der Waals surface area contributed by atoms with Crippen molar-refractivity contribution in [3.05, 3.63) is 30.1 Å². The lowest BCUT2D eigenvalue weighted by Gasteiger charge is -2.29. The molecular formula is C11H16FNO. The molecule has 1 rings (SSSR count). The molecule has 0 saturated carbocycles. The number of anilines is 1. The van der Waals surface area contributed by atoms with Gasteiger partial charge in [-0.25, -0.2) is 4.39 Å². The summed E-state index contributed by atoms with van der Waals surface area (Å²) in [5.74, 6) is -0.262. The third-order valence-electron chi connectivity index (χ3n) is 2.54. The molecule has 0 radical (unpaired) electrons. The van der Waals surface area contributed by atoms with Gasteiger partial charge in [-0.2, -0.15) is 0 Å². The fourth-order valence-corrected chi connectivity index (χ4v) is 1.28. The van der Waals surface area contributed by atoms with Crippen molar-refractivity contribution in [1.82, 2.24) is 0 Å².